The standard InChI is InChI=1S/C21H22Cl2N2O3/c1-3-4-8-19(26)24-16-6-5-7-17(13-16)25-20(27)10-9-14-11-15(22)12-18(23)21(14)28-2/h5-7,9-13H,3-4,8H2,1-2H3,(H,24,26)(H,25,27)/b10-9+. The van der Waals surface area contributed by atoms with E-state index in [-0.39, 0.29) is 11.8 Å². The Morgan fingerprint density at radius 2 is 1.82 bits per heavy atom. The molecule has 0 unspecified atom stereocenters. The van der Waals surface area contributed by atoms with Crippen molar-refractivity contribution in [3.8, 4) is 5.75 Å². The minimum Gasteiger partial charge on any atom is -0.495 e. The molecule has 0 saturated heterocycles. The van der Waals surface area contributed by atoms with E-state index in [1.54, 1.807) is 42.5 Å². The van der Waals surface area contributed by atoms with Crippen molar-refractivity contribution < 1.29 is 14.3 Å². The summed E-state index contributed by atoms with van der Waals surface area (Å²) in [6.07, 6.45) is 5.20. The number of carbonyl (C=O) groups excluding carboxylic acids is 2. The predicted molar refractivity (Wildman–Crippen MR) is 115 cm³/mol. The highest BCUT2D eigenvalue weighted by Crippen LogP contribution is 2.33. The molecule has 5 nitrogen and oxygen atoms in total. The fraction of sp³-hybridized carbons (Fsp3) is 0.238. The van der Waals surface area contributed by atoms with E-state index >= 15 is 0 Å². The molecule has 0 atom stereocenters. The first kappa shape index (κ1) is 21.8. The Morgan fingerprint density at radius 1 is 1.11 bits per heavy atom. The van der Waals surface area contributed by atoms with Crippen molar-refractivity contribution in [1.29, 1.82) is 0 Å². The number of halogens is 2. The summed E-state index contributed by atoms with van der Waals surface area (Å²) in [5, 5.41) is 6.38. The maximum atomic E-state index is 12.2. The Balaban J connectivity index is 2.05. The van der Waals surface area contributed by atoms with Gasteiger partial charge in [0.2, 0.25) is 11.8 Å². The van der Waals surface area contributed by atoms with E-state index in [4.69, 9.17) is 27.9 Å². The lowest BCUT2D eigenvalue weighted by Crippen LogP contribution is -2.12. The highest BCUT2D eigenvalue weighted by molar-refractivity contribution is 6.36. The van der Waals surface area contributed by atoms with E-state index in [0.29, 0.717) is 39.2 Å². The van der Waals surface area contributed by atoms with Gasteiger partial charge in [-0.2, -0.15) is 0 Å². The van der Waals surface area contributed by atoms with Gasteiger partial charge in [-0.25, -0.2) is 0 Å². The molecule has 2 amide bonds. The van der Waals surface area contributed by atoms with Crippen LogP contribution in [0, 0.1) is 0 Å². The summed E-state index contributed by atoms with van der Waals surface area (Å²) in [7, 11) is 1.49. The normalized spacial score (nSPS) is 10.7. The van der Waals surface area contributed by atoms with Crippen LogP contribution in [-0.2, 0) is 9.59 Å². The summed E-state index contributed by atoms with van der Waals surface area (Å²) in [5.41, 5.74) is 1.79. The molecule has 0 radical (unpaired) electrons. The van der Waals surface area contributed by atoms with Gasteiger partial charge in [0.1, 0.15) is 5.75 Å². The van der Waals surface area contributed by atoms with E-state index < -0.39 is 0 Å². The minimum atomic E-state index is -0.340. The van der Waals surface area contributed by atoms with Gasteiger partial charge < -0.3 is 15.4 Å². The molecule has 2 aromatic carbocycles. The number of hydrogen-bond donors (Lipinski definition) is 2. The van der Waals surface area contributed by atoms with Crippen molar-refractivity contribution in [2.75, 3.05) is 17.7 Å². The average molecular weight is 421 g/mol. The molecular formula is C21H22Cl2N2O3. The summed E-state index contributed by atoms with van der Waals surface area (Å²) in [6.45, 7) is 2.03. The van der Waals surface area contributed by atoms with Crippen LogP contribution in [0.4, 0.5) is 11.4 Å². The van der Waals surface area contributed by atoms with Crippen LogP contribution < -0.4 is 15.4 Å². The van der Waals surface area contributed by atoms with Gasteiger partial charge in [-0.3, -0.25) is 9.59 Å². The molecule has 28 heavy (non-hydrogen) atoms. The van der Waals surface area contributed by atoms with Gasteiger partial charge in [-0.05, 0) is 42.8 Å². The van der Waals surface area contributed by atoms with Gasteiger partial charge in [0, 0.05) is 34.5 Å². The molecule has 148 valence electrons. The second-order valence-corrected chi connectivity index (χ2v) is 6.91. The maximum absolute atomic E-state index is 12.2. The zero-order valence-electron chi connectivity index (χ0n) is 15.7. The summed E-state index contributed by atoms with van der Waals surface area (Å²) in [5.74, 6) is 0.0506. The maximum Gasteiger partial charge on any atom is 0.248 e. The predicted octanol–water partition coefficient (Wildman–Crippen LogP) is 5.78. The van der Waals surface area contributed by atoms with E-state index in [0.717, 1.165) is 12.8 Å². The number of carbonyl (C=O) groups is 2. The first-order valence-electron chi connectivity index (χ1n) is 8.85. The van der Waals surface area contributed by atoms with E-state index in [2.05, 4.69) is 10.6 Å². The highest BCUT2D eigenvalue weighted by atomic mass is 35.5. The Kier molecular flexibility index (Phi) is 8.36. The zero-order valence-corrected chi connectivity index (χ0v) is 17.2. The van der Waals surface area contributed by atoms with E-state index in [1.807, 2.05) is 6.92 Å². The molecule has 0 bridgehead atoms. The molecule has 0 fully saturated rings. The lowest BCUT2D eigenvalue weighted by molar-refractivity contribution is -0.116. The molecule has 0 aliphatic carbocycles. The van der Waals surface area contributed by atoms with Crippen LogP contribution in [0.15, 0.2) is 42.5 Å². The summed E-state index contributed by atoms with van der Waals surface area (Å²) < 4.78 is 5.25. The van der Waals surface area contributed by atoms with Crippen LogP contribution in [0.3, 0.4) is 0 Å². The number of ether oxygens (including phenoxy) is 1. The summed E-state index contributed by atoms with van der Waals surface area (Å²) in [4.78, 5) is 24.1. The number of nitrogens with one attached hydrogen (secondary N) is 2. The first-order valence-corrected chi connectivity index (χ1v) is 9.60. The monoisotopic (exact) mass is 420 g/mol. The van der Waals surface area contributed by atoms with Gasteiger partial charge in [-0.15, -0.1) is 0 Å². The second-order valence-electron chi connectivity index (χ2n) is 6.07. The van der Waals surface area contributed by atoms with Gasteiger partial charge in [0.05, 0.1) is 12.1 Å². The molecule has 0 heterocycles. The third-order valence-corrected chi connectivity index (χ3v) is 4.33. The molecule has 0 aliphatic rings. The van der Waals surface area contributed by atoms with Crippen molar-refractivity contribution in [3.63, 3.8) is 0 Å². The molecule has 0 spiro atoms. The fourth-order valence-electron chi connectivity index (χ4n) is 2.50. The van der Waals surface area contributed by atoms with Crippen molar-refractivity contribution >= 4 is 52.5 Å². The van der Waals surface area contributed by atoms with Crippen LogP contribution >= 0.6 is 23.2 Å². The smallest absolute Gasteiger partial charge is 0.248 e. The Morgan fingerprint density at radius 3 is 2.50 bits per heavy atom. The summed E-state index contributed by atoms with van der Waals surface area (Å²) in [6, 6.07) is 10.2. The van der Waals surface area contributed by atoms with Crippen molar-refractivity contribution in [1.82, 2.24) is 0 Å². The lowest BCUT2D eigenvalue weighted by Gasteiger charge is -2.09. The topological polar surface area (TPSA) is 67.4 Å². The fourth-order valence-corrected chi connectivity index (χ4v) is 3.09. The Labute approximate surface area is 174 Å². The molecular weight excluding hydrogens is 399 g/mol. The minimum absolute atomic E-state index is 0.0462. The van der Waals surface area contributed by atoms with Crippen LogP contribution in [0.25, 0.3) is 6.08 Å². The number of methoxy groups -OCH3 is 1. The molecule has 2 N–H and O–H groups in total. The Bertz CT molecular complexity index is 882. The van der Waals surface area contributed by atoms with Crippen LogP contribution in [0.5, 0.6) is 5.75 Å². The first-order chi connectivity index (χ1) is 13.4. The SMILES string of the molecule is CCCCC(=O)Nc1cccc(NC(=O)/C=C/c2cc(Cl)cc(Cl)c2OC)c1. The quantitative estimate of drug-likeness (QED) is 0.531. The number of rotatable bonds is 8. The molecule has 0 aliphatic heterocycles. The van der Waals surface area contributed by atoms with E-state index in [9.17, 15) is 9.59 Å². The number of amides is 2. The van der Waals surface area contributed by atoms with Crippen molar-refractivity contribution in [2.45, 2.75) is 26.2 Å². The molecule has 0 saturated carbocycles. The van der Waals surface area contributed by atoms with Gasteiger partial charge in [0.15, 0.2) is 0 Å². The molecule has 0 aromatic heterocycles. The summed E-state index contributed by atoms with van der Waals surface area (Å²) >= 11 is 12.1. The third kappa shape index (κ3) is 6.59. The lowest BCUT2D eigenvalue weighted by atomic mass is 10.2. The van der Waals surface area contributed by atoms with Crippen molar-refractivity contribution in [3.05, 3.63) is 58.1 Å². The molecule has 2 aromatic rings. The van der Waals surface area contributed by atoms with Gasteiger partial charge in [-0.1, -0.05) is 42.6 Å². The van der Waals surface area contributed by atoms with Gasteiger partial charge >= 0.3 is 0 Å². The number of benzene rings is 2. The second kappa shape index (κ2) is 10.7. The Hall–Kier alpha value is -2.50. The number of hydrogen-bond acceptors (Lipinski definition) is 3. The average Bonchev–Trinajstić information content (AvgIpc) is 2.64. The largest absolute Gasteiger partial charge is 0.495 e. The zero-order chi connectivity index (χ0) is 20.5. The highest BCUT2D eigenvalue weighted by Gasteiger charge is 2.08. The van der Waals surface area contributed by atoms with Gasteiger partial charge in [0.25, 0.3) is 0 Å². The van der Waals surface area contributed by atoms with E-state index in [1.165, 1.54) is 13.2 Å². The van der Waals surface area contributed by atoms with Crippen molar-refractivity contribution in [2.24, 2.45) is 0 Å². The number of unbranched alkanes of at least 4 members (excludes halogenated alkanes) is 1. The third-order valence-electron chi connectivity index (χ3n) is 3.83. The van der Waals surface area contributed by atoms with Crippen LogP contribution in [0.2, 0.25) is 10.0 Å². The molecule has 2 rings (SSSR count). The van der Waals surface area contributed by atoms with Crippen LogP contribution in [-0.4, -0.2) is 18.9 Å². The number of anilines is 2. The molecule has 7 heteroatoms. The van der Waals surface area contributed by atoms with Crippen LogP contribution in [0.1, 0.15) is 31.7 Å².